The molecule has 0 spiro atoms. The number of rotatable bonds is 5. The molecule has 0 unspecified atom stereocenters. The number of hydrogen-bond acceptors (Lipinski definition) is 7. The normalized spacial score (nSPS) is 14.2. The Labute approximate surface area is 161 Å². The average Bonchev–Trinajstić information content (AvgIpc) is 3.18. The van der Waals surface area contributed by atoms with Crippen LogP contribution in [-0.4, -0.2) is 61.2 Å². The molecular formula is C18H22N4O4S. The van der Waals surface area contributed by atoms with E-state index in [4.69, 9.17) is 9.15 Å². The van der Waals surface area contributed by atoms with Crippen molar-refractivity contribution in [2.75, 3.05) is 49.8 Å². The van der Waals surface area contributed by atoms with E-state index in [1.807, 2.05) is 11.2 Å². The standard InChI is InChI=1S/C18H22N4O4S/c1-12(23)21-8-10-22(11-9-21)17-13(4-6-15(20-17)25-2)19-18(24)14-5-7-16(26-14)27-3/h4-7H,8-11H2,1-3H3,(H,19,24). The van der Waals surface area contributed by atoms with Crippen molar-refractivity contribution in [1.82, 2.24) is 9.88 Å². The number of ether oxygens (including phenoxy) is 1. The smallest absolute Gasteiger partial charge is 0.291 e. The van der Waals surface area contributed by atoms with Gasteiger partial charge in [-0.3, -0.25) is 9.59 Å². The fourth-order valence-electron chi connectivity index (χ4n) is 2.85. The van der Waals surface area contributed by atoms with Crippen LogP contribution in [0.25, 0.3) is 0 Å². The van der Waals surface area contributed by atoms with Crippen molar-refractivity contribution in [3.63, 3.8) is 0 Å². The summed E-state index contributed by atoms with van der Waals surface area (Å²) in [6.07, 6.45) is 1.88. The highest BCUT2D eigenvalue weighted by Crippen LogP contribution is 2.28. The quantitative estimate of drug-likeness (QED) is 0.784. The number of aromatic nitrogens is 1. The number of carbonyl (C=O) groups excluding carboxylic acids is 2. The van der Waals surface area contributed by atoms with Gasteiger partial charge in [0.15, 0.2) is 16.7 Å². The van der Waals surface area contributed by atoms with Crippen molar-refractivity contribution < 1.29 is 18.7 Å². The minimum atomic E-state index is -0.342. The highest BCUT2D eigenvalue weighted by molar-refractivity contribution is 7.98. The molecule has 27 heavy (non-hydrogen) atoms. The second-order valence-electron chi connectivity index (χ2n) is 5.99. The number of carbonyl (C=O) groups is 2. The highest BCUT2D eigenvalue weighted by Gasteiger charge is 2.23. The maximum Gasteiger partial charge on any atom is 0.291 e. The zero-order chi connectivity index (χ0) is 19.4. The summed E-state index contributed by atoms with van der Waals surface area (Å²) >= 11 is 1.43. The summed E-state index contributed by atoms with van der Waals surface area (Å²) in [6.45, 7) is 4.03. The van der Waals surface area contributed by atoms with E-state index in [0.717, 1.165) is 0 Å². The molecule has 8 nitrogen and oxygen atoms in total. The molecule has 2 amide bonds. The Balaban J connectivity index is 1.80. The van der Waals surface area contributed by atoms with E-state index >= 15 is 0 Å². The maximum atomic E-state index is 12.5. The Morgan fingerprint density at radius 1 is 1.19 bits per heavy atom. The summed E-state index contributed by atoms with van der Waals surface area (Å²) in [4.78, 5) is 32.4. The van der Waals surface area contributed by atoms with Gasteiger partial charge in [-0.1, -0.05) is 11.8 Å². The van der Waals surface area contributed by atoms with Gasteiger partial charge >= 0.3 is 0 Å². The summed E-state index contributed by atoms with van der Waals surface area (Å²) in [5.41, 5.74) is 0.569. The lowest BCUT2D eigenvalue weighted by Gasteiger charge is -2.35. The number of hydrogen-bond donors (Lipinski definition) is 1. The molecule has 0 aromatic carbocycles. The fraction of sp³-hybridized carbons (Fsp3) is 0.389. The van der Waals surface area contributed by atoms with Gasteiger partial charge in [-0.05, 0) is 24.5 Å². The number of nitrogens with one attached hydrogen (secondary N) is 1. The average molecular weight is 390 g/mol. The minimum absolute atomic E-state index is 0.0594. The summed E-state index contributed by atoms with van der Waals surface area (Å²) < 4.78 is 10.7. The predicted octanol–water partition coefficient (Wildman–Crippen LogP) is 2.33. The van der Waals surface area contributed by atoms with Crippen molar-refractivity contribution in [3.05, 3.63) is 30.0 Å². The first-order valence-corrected chi connectivity index (χ1v) is 9.75. The van der Waals surface area contributed by atoms with Gasteiger partial charge in [0, 0.05) is 39.2 Å². The Bertz CT molecular complexity index is 831. The number of piperazine rings is 1. The lowest BCUT2D eigenvalue weighted by molar-refractivity contribution is -0.129. The predicted molar refractivity (Wildman–Crippen MR) is 104 cm³/mol. The van der Waals surface area contributed by atoms with Gasteiger partial charge in [-0.25, -0.2) is 0 Å². The molecule has 9 heteroatoms. The second-order valence-corrected chi connectivity index (χ2v) is 6.81. The van der Waals surface area contributed by atoms with E-state index < -0.39 is 0 Å². The summed E-state index contributed by atoms with van der Waals surface area (Å²) in [5.74, 6) is 1.03. The van der Waals surface area contributed by atoms with Crippen LogP contribution in [0.3, 0.4) is 0 Å². The Kier molecular flexibility index (Phi) is 5.90. The van der Waals surface area contributed by atoms with E-state index in [9.17, 15) is 9.59 Å². The number of nitrogens with zero attached hydrogens (tertiary/aromatic N) is 3. The molecule has 144 valence electrons. The van der Waals surface area contributed by atoms with Crippen LogP contribution in [0.2, 0.25) is 0 Å². The van der Waals surface area contributed by atoms with Gasteiger partial charge in [-0.15, -0.1) is 0 Å². The summed E-state index contributed by atoms with van der Waals surface area (Å²) in [5, 5.41) is 3.54. The number of anilines is 2. The SMILES string of the molecule is COc1ccc(NC(=O)c2ccc(SC)o2)c(N2CCN(C(C)=O)CC2)n1. The first kappa shape index (κ1) is 19.1. The molecule has 0 bridgehead atoms. The van der Waals surface area contributed by atoms with E-state index in [2.05, 4.69) is 10.3 Å². The summed E-state index contributed by atoms with van der Waals surface area (Å²) in [6, 6.07) is 6.85. The number of pyridine rings is 1. The van der Waals surface area contributed by atoms with E-state index in [1.54, 1.807) is 43.2 Å². The molecule has 1 N–H and O–H groups in total. The van der Waals surface area contributed by atoms with Crippen LogP contribution >= 0.6 is 11.8 Å². The van der Waals surface area contributed by atoms with E-state index in [1.165, 1.54) is 11.8 Å². The molecule has 1 aliphatic heterocycles. The monoisotopic (exact) mass is 390 g/mol. The zero-order valence-electron chi connectivity index (χ0n) is 15.5. The van der Waals surface area contributed by atoms with Gasteiger partial charge in [0.25, 0.3) is 5.91 Å². The lowest BCUT2D eigenvalue weighted by atomic mass is 10.2. The van der Waals surface area contributed by atoms with Crippen LogP contribution in [0.1, 0.15) is 17.5 Å². The Morgan fingerprint density at radius 3 is 2.52 bits per heavy atom. The van der Waals surface area contributed by atoms with Crippen molar-refractivity contribution in [3.8, 4) is 5.88 Å². The first-order valence-electron chi connectivity index (χ1n) is 8.52. The van der Waals surface area contributed by atoms with Crippen LogP contribution in [0.15, 0.2) is 33.8 Å². The van der Waals surface area contributed by atoms with Crippen LogP contribution in [-0.2, 0) is 4.79 Å². The Hall–Kier alpha value is -2.68. The molecule has 0 saturated carbocycles. The molecule has 1 aliphatic rings. The van der Waals surface area contributed by atoms with E-state index in [0.29, 0.717) is 48.7 Å². The number of thioether (sulfide) groups is 1. The molecule has 2 aromatic heterocycles. The largest absolute Gasteiger partial charge is 0.481 e. The third-order valence-electron chi connectivity index (χ3n) is 4.34. The molecule has 3 heterocycles. The van der Waals surface area contributed by atoms with Gasteiger partial charge in [0.1, 0.15) is 0 Å². The van der Waals surface area contributed by atoms with Crippen LogP contribution in [0.5, 0.6) is 5.88 Å². The lowest BCUT2D eigenvalue weighted by Crippen LogP contribution is -2.48. The maximum absolute atomic E-state index is 12.5. The zero-order valence-corrected chi connectivity index (χ0v) is 16.3. The third kappa shape index (κ3) is 4.36. The van der Waals surface area contributed by atoms with Gasteiger partial charge in [0.05, 0.1) is 12.8 Å². The molecular weight excluding hydrogens is 368 g/mol. The minimum Gasteiger partial charge on any atom is -0.481 e. The topological polar surface area (TPSA) is 87.9 Å². The molecule has 0 atom stereocenters. The van der Waals surface area contributed by atoms with Crippen molar-refractivity contribution in [1.29, 1.82) is 0 Å². The molecule has 1 saturated heterocycles. The molecule has 1 fully saturated rings. The third-order valence-corrected chi connectivity index (χ3v) is 4.96. The van der Waals surface area contributed by atoms with Gasteiger partial charge in [-0.2, -0.15) is 4.98 Å². The van der Waals surface area contributed by atoms with Crippen molar-refractivity contribution in [2.45, 2.75) is 12.0 Å². The fourth-order valence-corrected chi connectivity index (χ4v) is 3.23. The van der Waals surface area contributed by atoms with E-state index in [-0.39, 0.29) is 17.6 Å². The first-order chi connectivity index (χ1) is 13.0. The highest BCUT2D eigenvalue weighted by atomic mass is 32.2. The number of amides is 2. The Morgan fingerprint density at radius 2 is 1.93 bits per heavy atom. The molecule has 0 radical (unpaired) electrons. The van der Waals surface area contributed by atoms with Crippen LogP contribution in [0.4, 0.5) is 11.5 Å². The number of methoxy groups -OCH3 is 1. The van der Waals surface area contributed by atoms with Crippen LogP contribution < -0.4 is 15.0 Å². The van der Waals surface area contributed by atoms with Gasteiger partial charge in [0.2, 0.25) is 11.8 Å². The summed E-state index contributed by atoms with van der Waals surface area (Å²) in [7, 11) is 1.55. The second kappa shape index (κ2) is 8.34. The molecule has 0 aliphatic carbocycles. The number of furan rings is 1. The van der Waals surface area contributed by atoms with Gasteiger partial charge < -0.3 is 24.3 Å². The van der Waals surface area contributed by atoms with Crippen molar-refractivity contribution in [2.24, 2.45) is 0 Å². The molecule has 2 aromatic rings. The van der Waals surface area contributed by atoms with Crippen molar-refractivity contribution >= 4 is 35.1 Å². The van der Waals surface area contributed by atoms with Crippen LogP contribution in [0, 0.1) is 0 Å². The molecule has 3 rings (SSSR count).